The SMILES string of the molecule is CCc1ccccc1CNc1nc(Cl)ccc1N. The molecule has 0 atom stereocenters. The maximum absolute atomic E-state index is 5.85. The van der Waals surface area contributed by atoms with Gasteiger partial charge in [0.1, 0.15) is 5.15 Å². The van der Waals surface area contributed by atoms with Gasteiger partial charge in [-0.05, 0) is 29.7 Å². The number of aryl methyl sites for hydroxylation is 1. The molecular formula is C14H16ClN3. The topological polar surface area (TPSA) is 50.9 Å². The molecule has 3 N–H and O–H groups in total. The number of hydrogen-bond acceptors (Lipinski definition) is 3. The highest BCUT2D eigenvalue weighted by Crippen LogP contribution is 2.20. The quantitative estimate of drug-likeness (QED) is 0.829. The molecule has 0 aliphatic carbocycles. The second kappa shape index (κ2) is 5.74. The molecule has 1 aromatic heterocycles. The van der Waals surface area contributed by atoms with Crippen molar-refractivity contribution in [2.24, 2.45) is 0 Å². The van der Waals surface area contributed by atoms with Crippen molar-refractivity contribution in [1.82, 2.24) is 4.98 Å². The van der Waals surface area contributed by atoms with Crippen LogP contribution >= 0.6 is 11.6 Å². The fraction of sp³-hybridized carbons (Fsp3) is 0.214. The highest BCUT2D eigenvalue weighted by atomic mass is 35.5. The van der Waals surface area contributed by atoms with Gasteiger partial charge in [0.2, 0.25) is 0 Å². The molecular weight excluding hydrogens is 246 g/mol. The second-order valence-corrected chi connectivity index (χ2v) is 4.43. The van der Waals surface area contributed by atoms with E-state index >= 15 is 0 Å². The number of hydrogen-bond donors (Lipinski definition) is 2. The number of benzene rings is 1. The van der Waals surface area contributed by atoms with Crippen LogP contribution in [0.2, 0.25) is 5.15 Å². The molecule has 3 nitrogen and oxygen atoms in total. The Balaban J connectivity index is 2.14. The Morgan fingerprint density at radius 3 is 2.61 bits per heavy atom. The number of halogens is 1. The number of nitrogen functional groups attached to an aromatic ring is 1. The summed E-state index contributed by atoms with van der Waals surface area (Å²) in [5.74, 6) is 0.633. The third-order valence-electron chi connectivity index (χ3n) is 2.84. The molecule has 0 fully saturated rings. The third-order valence-corrected chi connectivity index (χ3v) is 3.05. The van der Waals surface area contributed by atoms with Gasteiger partial charge in [-0.2, -0.15) is 0 Å². The van der Waals surface area contributed by atoms with E-state index in [1.165, 1.54) is 11.1 Å². The smallest absolute Gasteiger partial charge is 0.151 e. The average Bonchev–Trinajstić information content (AvgIpc) is 2.40. The van der Waals surface area contributed by atoms with Gasteiger partial charge >= 0.3 is 0 Å². The third kappa shape index (κ3) is 2.93. The van der Waals surface area contributed by atoms with E-state index in [2.05, 4.69) is 29.4 Å². The Hall–Kier alpha value is -1.74. The molecule has 1 heterocycles. The zero-order valence-electron chi connectivity index (χ0n) is 10.3. The van der Waals surface area contributed by atoms with Gasteiger partial charge in [-0.3, -0.25) is 0 Å². The van der Waals surface area contributed by atoms with E-state index < -0.39 is 0 Å². The van der Waals surface area contributed by atoms with E-state index in [-0.39, 0.29) is 0 Å². The number of anilines is 2. The van der Waals surface area contributed by atoms with Crippen LogP contribution in [-0.2, 0) is 13.0 Å². The lowest BCUT2D eigenvalue weighted by atomic mass is 10.1. The predicted molar refractivity (Wildman–Crippen MR) is 76.8 cm³/mol. The molecule has 0 unspecified atom stereocenters. The van der Waals surface area contributed by atoms with E-state index in [0.29, 0.717) is 23.2 Å². The molecule has 2 rings (SSSR count). The molecule has 0 saturated carbocycles. The van der Waals surface area contributed by atoms with Gasteiger partial charge in [0.05, 0.1) is 5.69 Å². The van der Waals surface area contributed by atoms with E-state index in [1.807, 2.05) is 12.1 Å². The monoisotopic (exact) mass is 261 g/mol. The minimum absolute atomic E-state index is 0.440. The van der Waals surface area contributed by atoms with Crippen molar-refractivity contribution in [1.29, 1.82) is 0 Å². The molecule has 0 aliphatic rings. The number of pyridine rings is 1. The average molecular weight is 262 g/mol. The van der Waals surface area contributed by atoms with E-state index in [1.54, 1.807) is 12.1 Å². The Morgan fingerprint density at radius 2 is 1.89 bits per heavy atom. The van der Waals surface area contributed by atoms with Crippen LogP contribution in [0.15, 0.2) is 36.4 Å². The summed E-state index contributed by atoms with van der Waals surface area (Å²) in [6.45, 7) is 2.84. The van der Waals surface area contributed by atoms with Crippen LogP contribution in [0.25, 0.3) is 0 Å². The summed E-state index contributed by atoms with van der Waals surface area (Å²) in [5.41, 5.74) is 9.02. The van der Waals surface area contributed by atoms with Crippen molar-refractivity contribution >= 4 is 23.1 Å². The first-order chi connectivity index (χ1) is 8.70. The van der Waals surface area contributed by atoms with Crippen LogP contribution in [0.1, 0.15) is 18.1 Å². The lowest BCUT2D eigenvalue weighted by Gasteiger charge is -2.11. The fourth-order valence-electron chi connectivity index (χ4n) is 1.84. The van der Waals surface area contributed by atoms with Gasteiger partial charge in [-0.15, -0.1) is 0 Å². The summed E-state index contributed by atoms with van der Waals surface area (Å²) < 4.78 is 0. The van der Waals surface area contributed by atoms with Gasteiger partial charge in [0.25, 0.3) is 0 Å². The first-order valence-corrected chi connectivity index (χ1v) is 6.31. The molecule has 18 heavy (non-hydrogen) atoms. The van der Waals surface area contributed by atoms with E-state index in [9.17, 15) is 0 Å². The number of aromatic nitrogens is 1. The summed E-state index contributed by atoms with van der Waals surface area (Å²) in [4.78, 5) is 4.17. The van der Waals surface area contributed by atoms with Crippen LogP contribution < -0.4 is 11.1 Å². The zero-order chi connectivity index (χ0) is 13.0. The van der Waals surface area contributed by atoms with Crippen molar-refractivity contribution < 1.29 is 0 Å². The van der Waals surface area contributed by atoms with Gasteiger partial charge in [0, 0.05) is 6.54 Å². The molecule has 2 aromatic rings. The first-order valence-electron chi connectivity index (χ1n) is 5.93. The highest BCUT2D eigenvalue weighted by Gasteiger charge is 2.03. The number of nitrogens with zero attached hydrogens (tertiary/aromatic N) is 1. The first kappa shape index (κ1) is 12.7. The number of rotatable bonds is 4. The van der Waals surface area contributed by atoms with Crippen molar-refractivity contribution in [3.63, 3.8) is 0 Å². The van der Waals surface area contributed by atoms with Crippen LogP contribution in [-0.4, -0.2) is 4.98 Å². The van der Waals surface area contributed by atoms with Crippen molar-refractivity contribution in [2.45, 2.75) is 19.9 Å². The lowest BCUT2D eigenvalue weighted by molar-refractivity contribution is 1.03. The number of nitrogens with two attached hydrogens (primary N) is 1. The van der Waals surface area contributed by atoms with Crippen molar-refractivity contribution in [3.8, 4) is 0 Å². The maximum Gasteiger partial charge on any atom is 0.151 e. The zero-order valence-corrected chi connectivity index (χ0v) is 11.0. The molecule has 0 spiro atoms. The minimum Gasteiger partial charge on any atom is -0.396 e. The van der Waals surface area contributed by atoms with Gasteiger partial charge < -0.3 is 11.1 Å². The molecule has 0 radical (unpaired) electrons. The summed E-state index contributed by atoms with van der Waals surface area (Å²) in [7, 11) is 0. The molecule has 0 aliphatic heterocycles. The fourth-order valence-corrected chi connectivity index (χ4v) is 1.99. The van der Waals surface area contributed by atoms with Crippen molar-refractivity contribution in [2.75, 3.05) is 11.1 Å². The minimum atomic E-state index is 0.440. The summed E-state index contributed by atoms with van der Waals surface area (Å²) in [6.07, 6.45) is 1.01. The molecule has 0 saturated heterocycles. The van der Waals surface area contributed by atoms with E-state index in [4.69, 9.17) is 17.3 Å². The van der Waals surface area contributed by atoms with E-state index in [0.717, 1.165) is 6.42 Å². The predicted octanol–water partition coefficient (Wildman–Crippen LogP) is 3.49. The molecule has 4 heteroatoms. The van der Waals surface area contributed by atoms with Gasteiger partial charge in [-0.1, -0.05) is 42.8 Å². The normalized spacial score (nSPS) is 10.3. The summed E-state index contributed by atoms with van der Waals surface area (Å²) in [6, 6.07) is 11.8. The Bertz CT molecular complexity index is 540. The van der Waals surface area contributed by atoms with Crippen LogP contribution in [0, 0.1) is 0 Å². The highest BCUT2D eigenvalue weighted by molar-refractivity contribution is 6.29. The molecule has 0 bridgehead atoms. The van der Waals surface area contributed by atoms with Crippen LogP contribution in [0.3, 0.4) is 0 Å². The number of nitrogens with one attached hydrogen (secondary N) is 1. The lowest BCUT2D eigenvalue weighted by Crippen LogP contribution is -2.06. The summed E-state index contributed by atoms with van der Waals surface area (Å²) in [5, 5.41) is 3.66. The Labute approximate surface area is 112 Å². The van der Waals surface area contributed by atoms with Gasteiger partial charge in [-0.25, -0.2) is 4.98 Å². The standard InChI is InChI=1S/C14H16ClN3/c1-2-10-5-3-4-6-11(10)9-17-14-12(16)7-8-13(15)18-14/h3-8H,2,9,16H2,1H3,(H,17,18). The molecule has 94 valence electrons. The second-order valence-electron chi connectivity index (χ2n) is 4.05. The van der Waals surface area contributed by atoms with Gasteiger partial charge in [0.15, 0.2) is 5.82 Å². The maximum atomic E-state index is 5.85. The summed E-state index contributed by atoms with van der Waals surface area (Å²) >= 11 is 5.85. The van der Waals surface area contributed by atoms with Crippen LogP contribution in [0.4, 0.5) is 11.5 Å². The van der Waals surface area contributed by atoms with Crippen LogP contribution in [0.5, 0.6) is 0 Å². The van der Waals surface area contributed by atoms with Crippen molar-refractivity contribution in [3.05, 3.63) is 52.7 Å². The largest absolute Gasteiger partial charge is 0.396 e. The Kier molecular flexibility index (Phi) is 4.05. The Morgan fingerprint density at radius 1 is 1.17 bits per heavy atom. The molecule has 1 aromatic carbocycles. The molecule has 0 amide bonds.